The van der Waals surface area contributed by atoms with Crippen molar-refractivity contribution >= 4 is 34.5 Å². The van der Waals surface area contributed by atoms with E-state index in [1.807, 2.05) is 30.3 Å². The van der Waals surface area contributed by atoms with Gasteiger partial charge in [0.25, 0.3) is 0 Å². The average molecular weight is 430 g/mol. The van der Waals surface area contributed by atoms with Crippen molar-refractivity contribution < 1.29 is 13.2 Å². The van der Waals surface area contributed by atoms with E-state index in [0.29, 0.717) is 22.6 Å². The lowest BCUT2D eigenvalue weighted by atomic mass is 10.1. The SMILES string of the molecule is Cc1nc(Nc2ccccc2)c(N=Nc2cc(C(F)(F)F)ccc2Cl)c(C)c1C#N. The molecule has 1 aromatic heterocycles. The summed E-state index contributed by atoms with van der Waals surface area (Å²) in [4.78, 5) is 4.39. The molecular weight excluding hydrogens is 415 g/mol. The number of nitrogens with one attached hydrogen (secondary N) is 1. The van der Waals surface area contributed by atoms with E-state index in [0.717, 1.165) is 23.9 Å². The van der Waals surface area contributed by atoms with Crippen LogP contribution in [0, 0.1) is 25.2 Å². The van der Waals surface area contributed by atoms with Crippen LogP contribution in [0.2, 0.25) is 5.02 Å². The van der Waals surface area contributed by atoms with Crippen molar-refractivity contribution in [1.82, 2.24) is 4.98 Å². The first-order chi connectivity index (χ1) is 14.2. The Balaban J connectivity index is 2.10. The number of halogens is 4. The van der Waals surface area contributed by atoms with E-state index in [1.165, 1.54) is 0 Å². The molecule has 3 aromatic rings. The molecule has 30 heavy (non-hydrogen) atoms. The standard InChI is InChI=1S/C21H15ClF3N5/c1-12-16(11-26)13(2)27-20(28-15-6-4-3-5-7-15)19(12)30-29-18-10-14(21(23,24)25)8-9-17(18)22/h3-10H,1-2H3,(H,27,28). The molecule has 152 valence electrons. The lowest BCUT2D eigenvalue weighted by molar-refractivity contribution is -0.137. The molecule has 0 aliphatic heterocycles. The van der Waals surface area contributed by atoms with Gasteiger partial charge < -0.3 is 5.32 Å². The van der Waals surface area contributed by atoms with E-state index in [1.54, 1.807) is 13.8 Å². The Labute approximate surface area is 175 Å². The van der Waals surface area contributed by atoms with Crippen LogP contribution in [-0.2, 0) is 6.18 Å². The number of alkyl halides is 3. The lowest BCUT2D eigenvalue weighted by Gasteiger charge is -2.13. The van der Waals surface area contributed by atoms with Crippen molar-refractivity contribution in [2.24, 2.45) is 10.2 Å². The second-order valence-corrected chi connectivity index (χ2v) is 6.77. The van der Waals surface area contributed by atoms with Crippen molar-refractivity contribution in [3.8, 4) is 6.07 Å². The summed E-state index contributed by atoms with van der Waals surface area (Å²) in [5, 5.41) is 20.6. The highest BCUT2D eigenvalue weighted by Gasteiger charge is 2.31. The number of azo groups is 1. The van der Waals surface area contributed by atoms with Gasteiger partial charge in [-0.3, -0.25) is 0 Å². The highest BCUT2D eigenvalue weighted by Crippen LogP contribution is 2.38. The number of pyridine rings is 1. The zero-order valence-electron chi connectivity index (χ0n) is 15.9. The molecule has 1 heterocycles. The molecule has 0 radical (unpaired) electrons. The number of para-hydroxylation sites is 1. The van der Waals surface area contributed by atoms with Gasteiger partial charge in [0.15, 0.2) is 5.82 Å². The van der Waals surface area contributed by atoms with Crippen molar-refractivity contribution in [3.05, 3.63) is 75.9 Å². The van der Waals surface area contributed by atoms with Crippen LogP contribution in [0.25, 0.3) is 0 Å². The van der Waals surface area contributed by atoms with Gasteiger partial charge in [0.1, 0.15) is 17.4 Å². The first-order valence-corrected chi connectivity index (χ1v) is 9.10. The molecule has 0 aliphatic rings. The minimum absolute atomic E-state index is 0.0162. The second kappa shape index (κ2) is 8.51. The van der Waals surface area contributed by atoms with E-state index >= 15 is 0 Å². The van der Waals surface area contributed by atoms with Crippen LogP contribution in [0.5, 0.6) is 0 Å². The van der Waals surface area contributed by atoms with Gasteiger partial charge >= 0.3 is 6.18 Å². The van der Waals surface area contributed by atoms with E-state index in [4.69, 9.17) is 11.6 Å². The maximum atomic E-state index is 13.0. The molecule has 3 rings (SSSR count). The summed E-state index contributed by atoms with van der Waals surface area (Å²) >= 11 is 6.00. The molecule has 0 unspecified atom stereocenters. The molecule has 9 heteroatoms. The summed E-state index contributed by atoms with van der Waals surface area (Å²) in [5.41, 5.74) is 1.23. The molecule has 0 saturated heterocycles. The third-order valence-electron chi connectivity index (χ3n) is 4.28. The molecule has 2 aromatic carbocycles. The van der Waals surface area contributed by atoms with Crippen LogP contribution < -0.4 is 5.32 Å². The molecule has 0 bridgehead atoms. The van der Waals surface area contributed by atoms with Crippen molar-refractivity contribution in [3.63, 3.8) is 0 Å². The summed E-state index contributed by atoms with van der Waals surface area (Å²) in [7, 11) is 0. The van der Waals surface area contributed by atoms with E-state index in [9.17, 15) is 18.4 Å². The zero-order chi connectivity index (χ0) is 21.9. The molecule has 0 atom stereocenters. The monoisotopic (exact) mass is 429 g/mol. The highest BCUT2D eigenvalue weighted by atomic mass is 35.5. The molecule has 0 amide bonds. The fourth-order valence-corrected chi connectivity index (χ4v) is 2.90. The molecule has 0 spiro atoms. The Morgan fingerprint density at radius 3 is 2.40 bits per heavy atom. The molecule has 1 N–H and O–H groups in total. The van der Waals surface area contributed by atoms with Gasteiger partial charge in [0.05, 0.1) is 21.8 Å². The molecule has 5 nitrogen and oxygen atoms in total. The van der Waals surface area contributed by atoms with Gasteiger partial charge in [-0.25, -0.2) is 4.98 Å². The summed E-state index contributed by atoms with van der Waals surface area (Å²) in [6, 6.07) is 14.0. The zero-order valence-corrected chi connectivity index (χ0v) is 16.7. The summed E-state index contributed by atoms with van der Waals surface area (Å²) < 4.78 is 39.0. The topological polar surface area (TPSA) is 73.4 Å². The predicted octanol–water partition coefficient (Wildman–Crippen LogP) is 7.40. The van der Waals surface area contributed by atoms with Crippen LogP contribution in [0.1, 0.15) is 22.4 Å². The fraction of sp³-hybridized carbons (Fsp3) is 0.143. The maximum absolute atomic E-state index is 13.0. The van der Waals surface area contributed by atoms with Crippen LogP contribution >= 0.6 is 11.6 Å². The van der Waals surface area contributed by atoms with Gasteiger partial charge in [0, 0.05) is 5.69 Å². The number of rotatable bonds is 4. The van der Waals surface area contributed by atoms with E-state index in [-0.39, 0.29) is 16.4 Å². The molecular formula is C21H15ClF3N5. The van der Waals surface area contributed by atoms with Crippen LogP contribution in [-0.4, -0.2) is 4.98 Å². The first kappa shape index (κ1) is 21.3. The average Bonchev–Trinajstić information content (AvgIpc) is 2.69. The first-order valence-electron chi connectivity index (χ1n) is 8.72. The van der Waals surface area contributed by atoms with Gasteiger partial charge in [-0.2, -0.15) is 18.4 Å². The number of nitrogens with zero attached hydrogens (tertiary/aromatic N) is 4. The highest BCUT2D eigenvalue weighted by molar-refractivity contribution is 6.33. The van der Waals surface area contributed by atoms with Crippen molar-refractivity contribution in [1.29, 1.82) is 5.26 Å². The third-order valence-corrected chi connectivity index (χ3v) is 4.59. The molecule has 0 fully saturated rings. The molecule has 0 aliphatic carbocycles. The van der Waals surface area contributed by atoms with Crippen LogP contribution in [0.4, 0.5) is 36.1 Å². The van der Waals surface area contributed by atoms with Gasteiger partial charge in [-0.1, -0.05) is 29.8 Å². The second-order valence-electron chi connectivity index (χ2n) is 6.36. The maximum Gasteiger partial charge on any atom is 0.416 e. The van der Waals surface area contributed by atoms with Gasteiger partial charge in [-0.15, -0.1) is 10.2 Å². The lowest BCUT2D eigenvalue weighted by Crippen LogP contribution is -2.04. The Kier molecular flexibility index (Phi) is 6.04. The number of aryl methyl sites for hydroxylation is 1. The number of aromatic nitrogens is 1. The van der Waals surface area contributed by atoms with Crippen molar-refractivity contribution in [2.75, 3.05) is 5.32 Å². The minimum Gasteiger partial charge on any atom is -0.338 e. The summed E-state index contributed by atoms with van der Waals surface area (Å²) in [6.45, 7) is 3.36. The Morgan fingerprint density at radius 1 is 1.07 bits per heavy atom. The van der Waals surface area contributed by atoms with Gasteiger partial charge in [-0.05, 0) is 49.7 Å². The normalized spacial score (nSPS) is 11.5. The third kappa shape index (κ3) is 4.58. The Bertz CT molecular complexity index is 1150. The van der Waals surface area contributed by atoms with Crippen LogP contribution in [0.15, 0.2) is 58.8 Å². The number of benzene rings is 2. The largest absolute Gasteiger partial charge is 0.416 e. The van der Waals surface area contributed by atoms with E-state index in [2.05, 4.69) is 26.6 Å². The molecule has 0 saturated carbocycles. The van der Waals surface area contributed by atoms with E-state index < -0.39 is 11.7 Å². The smallest absolute Gasteiger partial charge is 0.338 e. The Hall–Kier alpha value is -3.44. The van der Waals surface area contributed by atoms with Crippen LogP contribution in [0.3, 0.4) is 0 Å². The van der Waals surface area contributed by atoms with Crippen molar-refractivity contribution in [2.45, 2.75) is 20.0 Å². The Morgan fingerprint density at radius 2 is 1.77 bits per heavy atom. The number of hydrogen-bond donors (Lipinski definition) is 1. The fourth-order valence-electron chi connectivity index (χ4n) is 2.75. The number of nitriles is 1. The van der Waals surface area contributed by atoms with Gasteiger partial charge in [0.2, 0.25) is 0 Å². The quantitative estimate of drug-likeness (QED) is 0.439. The minimum atomic E-state index is -4.54. The summed E-state index contributed by atoms with van der Waals surface area (Å²) in [6.07, 6.45) is -4.54. The number of anilines is 2. The summed E-state index contributed by atoms with van der Waals surface area (Å²) in [5.74, 6) is 0.321. The predicted molar refractivity (Wildman–Crippen MR) is 109 cm³/mol. The number of hydrogen-bond acceptors (Lipinski definition) is 5.